The fraction of sp³-hybridized carbons (Fsp3) is 0.125. The van der Waals surface area contributed by atoms with Crippen LogP contribution in [0.5, 0.6) is 6.01 Å². The monoisotopic (exact) mass is 1200 g/mol. The lowest BCUT2D eigenvalue weighted by Gasteiger charge is -2.13. The van der Waals surface area contributed by atoms with Crippen LogP contribution in [0.2, 0.25) is 5.02 Å². The number of nitrogens with one attached hydrogen (secondary N) is 4. The smallest absolute Gasteiger partial charge is 0.416 e. The molecule has 0 spiro atoms. The number of terminal acetylenes is 1. The highest BCUT2D eigenvalue weighted by molar-refractivity contribution is 6.30. The van der Waals surface area contributed by atoms with E-state index < -0.39 is 29.6 Å². The van der Waals surface area contributed by atoms with Crippen molar-refractivity contribution in [3.8, 4) is 18.4 Å². The number of fused-ring (bicyclic) bond motifs is 9. The second-order valence-electron chi connectivity index (χ2n) is 19.9. The van der Waals surface area contributed by atoms with Gasteiger partial charge in [-0.2, -0.15) is 18.2 Å². The third kappa shape index (κ3) is 13.0. The van der Waals surface area contributed by atoms with Crippen molar-refractivity contribution in [3.05, 3.63) is 185 Å². The van der Waals surface area contributed by atoms with Crippen molar-refractivity contribution in [2.75, 3.05) is 34.9 Å². The van der Waals surface area contributed by atoms with Crippen LogP contribution in [0.25, 0.3) is 65.4 Å². The number of halogens is 4. The molecule has 0 atom stereocenters. The van der Waals surface area contributed by atoms with Gasteiger partial charge in [0.05, 0.1) is 45.4 Å². The van der Waals surface area contributed by atoms with Crippen LogP contribution in [-0.2, 0) is 12.6 Å². The molecule has 0 unspecified atom stereocenters. The SMILES string of the molecule is C#Cc1cccc(Nc2nc3cc(C(=O)O)ccc3c3cnc(NC)nc23)c1.CCOc1ncc2c(n1)c(Nc1cccc(C(F)(F)F)c1)nc1cc(C(=O)O)ccc12.O=C(O)c1ccc2c(c1)nc(Nc1cccc(Cl)c1)c1nc(CC3CC3)ncc12. The number of aromatic carboxylic acids is 3. The summed E-state index contributed by atoms with van der Waals surface area (Å²) in [5.41, 5.74) is 5.04. The zero-order valence-electron chi connectivity index (χ0n) is 46.4. The lowest BCUT2D eigenvalue weighted by Crippen LogP contribution is -2.06. The Bertz CT molecular complexity index is 4820. The summed E-state index contributed by atoms with van der Waals surface area (Å²) in [4.78, 5) is 74.5. The maximum atomic E-state index is 13.1. The first kappa shape index (κ1) is 58.4. The van der Waals surface area contributed by atoms with Crippen molar-refractivity contribution in [1.82, 2.24) is 44.9 Å². The Morgan fingerprint density at radius 1 is 0.591 bits per heavy atom. The summed E-state index contributed by atoms with van der Waals surface area (Å²) in [6.45, 7) is 2.09. The van der Waals surface area contributed by atoms with Gasteiger partial charge >= 0.3 is 30.1 Å². The van der Waals surface area contributed by atoms with Crippen molar-refractivity contribution in [3.63, 3.8) is 0 Å². The molecule has 6 aromatic carbocycles. The number of hydrogen-bond donors (Lipinski definition) is 7. The van der Waals surface area contributed by atoms with Crippen LogP contribution < -0.4 is 26.0 Å². The molecular formula is C64H47ClF3N13O7. The number of rotatable bonds is 14. The Morgan fingerprint density at radius 3 is 1.56 bits per heavy atom. The second kappa shape index (κ2) is 24.7. The van der Waals surface area contributed by atoms with Gasteiger partial charge in [0.25, 0.3) is 0 Å². The summed E-state index contributed by atoms with van der Waals surface area (Å²) in [7, 11) is 1.73. The minimum atomic E-state index is -4.50. The average Bonchev–Trinajstić information content (AvgIpc) is 0.932. The van der Waals surface area contributed by atoms with Crippen LogP contribution >= 0.6 is 11.6 Å². The minimum absolute atomic E-state index is 0.0243. The van der Waals surface area contributed by atoms with Gasteiger partial charge in [-0.3, -0.25) is 0 Å². The molecule has 0 aliphatic heterocycles. The molecule has 0 radical (unpaired) electrons. The van der Waals surface area contributed by atoms with Crippen LogP contribution in [0.1, 0.15) is 67.8 Å². The fourth-order valence-electron chi connectivity index (χ4n) is 9.47. The van der Waals surface area contributed by atoms with Crippen molar-refractivity contribution >= 4 is 135 Å². The Morgan fingerprint density at radius 2 is 1.07 bits per heavy atom. The Labute approximate surface area is 502 Å². The van der Waals surface area contributed by atoms with Crippen LogP contribution in [0, 0.1) is 18.3 Å². The van der Waals surface area contributed by atoms with E-state index in [4.69, 9.17) is 32.7 Å². The molecule has 438 valence electrons. The average molecular weight is 1200 g/mol. The van der Waals surface area contributed by atoms with Gasteiger partial charge in [0.2, 0.25) is 5.95 Å². The molecule has 1 aliphatic carbocycles. The minimum Gasteiger partial charge on any atom is -0.478 e. The summed E-state index contributed by atoms with van der Waals surface area (Å²) >= 11 is 6.12. The maximum Gasteiger partial charge on any atom is 0.416 e. The molecule has 12 aromatic rings. The van der Waals surface area contributed by atoms with Gasteiger partial charge < -0.3 is 41.3 Å². The summed E-state index contributed by atoms with van der Waals surface area (Å²) < 4.78 is 44.6. The molecule has 13 rings (SSSR count). The number of pyridine rings is 3. The number of nitrogens with zero attached hydrogens (tertiary/aromatic N) is 9. The number of hydrogen-bond acceptors (Lipinski definition) is 17. The Balaban J connectivity index is 0.000000137. The van der Waals surface area contributed by atoms with E-state index in [9.17, 15) is 42.9 Å². The second-order valence-corrected chi connectivity index (χ2v) is 20.4. The summed E-state index contributed by atoms with van der Waals surface area (Å²) in [6.07, 6.45) is 9.31. The molecule has 0 bridgehead atoms. The molecule has 24 heteroatoms. The van der Waals surface area contributed by atoms with Gasteiger partial charge in [0.15, 0.2) is 17.5 Å². The highest BCUT2D eigenvalue weighted by Gasteiger charge is 2.31. The third-order valence-electron chi connectivity index (χ3n) is 13.9. The van der Waals surface area contributed by atoms with Crippen LogP contribution in [0.4, 0.5) is 53.6 Å². The predicted octanol–water partition coefficient (Wildman–Crippen LogP) is 13.9. The number of alkyl halides is 3. The Hall–Kier alpha value is -11.4. The molecular weight excluding hydrogens is 1160 g/mol. The van der Waals surface area contributed by atoms with Crippen molar-refractivity contribution < 1.29 is 47.6 Å². The van der Waals surface area contributed by atoms with E-state index in [-0.39, 0.29) is 34.2 Å². The molecule has 6 aromatic heterocycles. The van der Waals surface area contributed by atoms with Gasteiger partial charge in [0, 0.05) is 92.0 Å². The zero-order valence-corrected chi connectivity index (χ0v) is 47.1. The molecule has 1 saturated carbocycles. The Kier molecular flexibility index (Phi) is 16.4. The molecule has 0 amide bonds. The van der Waals surface area contributed by atoms with E-state index >= 15 is 0 Å². The van der Waals surface area contributed by atoms with E-state index in [1.807, 2.05) is 42.6 Å². The third-order valence-corrected chi connectivity index (χ3v) is 14.1. The van der Waals surface area contributed by atoms with E-state index in [1.54, 1.807) is 68.7 Å². The largest absolute Gasteiger partial charge is 0.478 e. The summed E-state index contributed by atoms with van der Waals surface area (Å²) in [6, 6.07) is 33.6. The number of carbonyl (C=O) groups is 3. The standard InChI is InChI=1S/C22H17ClN4O2.C21H15F3N4O3.C21H15N5O2/c23-14-2-1-3-15(10-14)25-21-20-17(11-24-19(27-20)8-12-4-5-12)16-7-6-13(22(28)29)9-18(16)26-21;1-2-31-20-25-10-15-14-7-6-11(19(29)30)8-16(14)27-18(17(15)28-20)26-13-5-3-4-12(9-13)21(22,23)24;1-3-12-5-4-6-14(9-12)24-19-18-16(11-23-21(22-2)26-18)15-8-7-13(20(27)28)10-17(15)25-19/h1-3,6-7,9-12H,4-5,8H2,(H,25,26)(H,28,29);3-10H,2H2,1H3,(H,26,27)(H,29,30);1,4-11H,2H3,(H,24,25)(H,27,28)(H,22,23,26). The van der Waals surface area contributed by atoms with Gasteiger partial charge in [0.1, 0.15) is 22.4 Å². The van der Waals surface area contributed by atoms with Gasteiger partial charge in [-0.1, -0.05) is 53.9 Å². The number of benzene rings is 6. The molecule has 20 nitrogen and oxygen atoms in total. The van der Waals surface area contributed by atoms with E-state index in [0.717, 1.165) is 62.9 Å². The van der Waals surface area contributed by atoms with Crippen molar-refractivity contribution in [2.24, 2.45) is 5.92 Å². The number of carboxylic acids is 3. The molecule has 0 saturated heterocycles. The molecule has 6 heterocycles. The fourth-order valence-corrected chi connectivity index (χ4v) is 9.66. The first-order valence-corrected chi connectivity index (χ1v) is 27.4. The molecule has 88 heavy (non-hydrogen) atoms. The lowest BCUT2D eigenvalue weighted by atomic mass is 10.1. The number of anilines is 7. The zero-order chi connectivity index (χ0) is 61.8. The van der Waals surface area contributed by atoms with Crippen molar-refractivity contribution in [1.29, 1.82) is 0 Å². The highest BCUT2D eigenvalue weighted by atomic mass is 35.5. The molecule has 1 aliphatic rings. The van der Waals surface area contributed by atoms with E-state index in [1.165, 1.54) is 49.4 Å². The van der Waals surface area contributed by atoms with E-state index in [0.29, 0.717) is 79.0 Å². The highest BCUT2D eigenvalue weighted by Crippen LogP contribution is 2.37. The number of ether oxygens (including phenoxy) is 1. The lowest BCUT2D eigenvalue weighted by molar-refractivity contribution is -0.137. The first-order chi connectivity index (χ1) is 42.4. The van der Waals surface area contributed by atoms with Crippen LogP contribution in [0.15, 0.2) is 146 Å². The van der Waals surface area contributed by atoms with E-state index in [2.05, 4.69) is 62.1 Å². The maximum absolute atomic E-state index is 13.1. The van der Waals surface area contributed by atoms with Gasteiger partial charge in [-0.05, 0) is 117 Å². The quantitative estimate of drug-likeness (QED) is 0.0393. The predicted molar refractivity (Wildman–Crippen MR) is 330 cm³/mol. The topological polar surface area (TPSA) is 285 Å². The molecule has 7 N–H and O–H groups in total. The normalized spacial score (nSPS) is 12.0. The summed E-state index contributed by atoms with van der Waals surface area (Å²) in [5, 5.41) is 45.1. The summed E-state index contributed by atoms with van der Waals surface area (Å²) in [5.74, 6) is 2.58. The van der Waals surface area contributed by atoms with Gasteiger partial charge in [-0.15, -0.1) is 6.42 Å². The molecule has 1 fully saturated rings. The number of carboxylic acid groups (broad SMARTS) is 3. The number of aromatic nitrogens is 9. The van der Waals surface area contributed by atoms with Crippen molar-refractivity contribution in [2.45, 2.75) is 32.4 Å². The van der Waals surface area contributed by atoms with Crippen LogP contribution in [0.3, 0.4) is 0 Å². The first-order valence-electron chi connectivity index (χ1n) is 27.0. The van der Waals surface area contributed by atoms with Crippen LogP contribution in [-0.4, -0.2) is 91.7 Å². The van der Waals surface area contributed by atoms with Gasteiger partial charge in [-0.25, -0.2) is 54.3 Å².